The third-order valence-electron chi connectivity index (χ3n) is 6.58. The Bertz CT molecular complexity index is 1660. The molecule has 2 aromatic heterocycles. The summed E-state index contributed by atoms with van der Waals surface area (Å²) in [5.41, 5.74) is 3.71. The van der Waals surface area contributed by atoms with Gasteiger partial charge in [-0.15, -0.1) is 0 Å². The zero-order valence-electron chi connectivity index (χ0n) is 22.0. The molecule has 2 heterocycles. The van der Waals surface area contributed by atoms with E-state index in [9.17, 15) is 4.79 Å². The number of rotatable bonds is 11. The SMILES string of the molecule is CCOc1cc(/C=c2\sc3nc4ccccc4n3c2=O)ccc1OCCCOc1ccccc1C(C)CC. The summed E-state index contributed by atoms with van der Waals surface area (Å²) in [5.74, 6) is 2.74. The predicted molar refractivity (Wildman–Crippen MR) is 154 cm³/mol. The van der Waals surface area contributed by atoms with E-state index < -0.39 is 0 Å². The van der Waals surface area contributed by atoms with Gasteiger partial charge in [-0.05, 0) is 66.8 Å². The normalized spacial score (nSPS) is 12.8. The van der Waals surface area contributed by atoms with Gasteiger partial charge in [0.15, 0.2) is 16.5 Å². The van der Waals surface area contributed by atoms with Crippen molar-refractivity contribution >= 4 is 33.4 Å². The standard InChI is InChI=1S/C31H32N2O4S/c1-4-21(3)23-11-6-9-14-26(23)36-17-10-18-37-27-16-15-22(19-28(27)35-5-2)20-29-30(34)33-25-13-8-7-12-24(25)32-31(33)38-29/h6-9,11-16,19-21H,4-5,10,17-18H2,1-3H3/b29-20-. The van der Waals surface area contributed by atoms with Crippen molar-refractivity contribution in [3.63, 3.8) is 0 Å². The van der Waals surface area contributed by atoms with Crippen molar-refractivity contribution in [1.82, 2.24) is 9.38 Å². The lowest BCUT2D eigenvalue weighted by molar-refractivity contribution is 0.234. The van der Waals surface area contributed by atoms with Crippen LogP contribution in [-0.2, 0) is 0 Å². The minimum atomic E-state index is -0.0631. The van der Waals surface area contributed by atoms with Gasteiger partial charge in [0.25, 0.3) is 5.56 Å². The van der Waals surface area contributed by atoms with Crippen LogP contribution in [0.1, 0.15) is 50.7 Å². The maximum Gasteiger partial charge on any atom is 0.274 e. The molecule has 0 aliphatic carbocycles. The van der Waals surface area contributed by atoms with Crippen molar-refractivity contribution in [2.75, 3.05) is 19.8 Å². The maximum atomic E-state index is 13.1. The lowest BCUT2D eigenvalue weighted by Crippen LogP contribution is -2.22. The number of ether oxygens (including phenoxy) is 3. The summed E-state index contributed by atoms with van der Waals surface area (Å²) < 4.78 is 20.3. The van der Waals surface area contributed by atoms with E-state index in [1.54, 1.807) is 4.40 Å². The zero-order valence-corrected chi connectivity index (χ0v) is 22.8. The highest BCUT2D eigenvalue weighted by Gasteiger charge is 2.12. The maximum absolute atomic E-state index is 13.1. The second-order valence-corrected chi connectivity index (χ2v) is 10.2. The number of benzene rings is 3. The molecule has 5 aromatic rings. The minimum Gasteiger partial charge on any atom is -0.493 e. The van der Waals surface area contributed by atoms with Gasteiger partial charge in [-0.25, -0.2) is 9.38 Å². The first-order valence-corrected chi connectivity index (χ1v) is 13.9. The van der Waals surface area contributed by atoms with Crippen molar-refractivity contribution in [3.05, 3.63) is 92.7 Å². The van der Waals surface area contributed by atoms with Gasteiger partial charge < -0.3 is 14.2 Å². The Morgan fingerprint density at radius 2 is 1.68 bits per heavy atom. The topological polar surface area (TPSA) is 62.1 Å². The third kappa shape index (κ3) is 5.38. The monoisotopic (exact) mass is 528 g/mol. The summed E-state index contributed by atoms with van der Waals surface area (Å²) in [6.07, 6.45) is 3.70. The van der Waals surface area contributed by atoms with E-state index in [1.165, 1.54) is 16.9 Å². The molecule has 0 fully saturated rings. The smallest absolute Gasteiger partial charge is 0.274 e. The molecular formula is C31H32N2O4S. The molecule has 3 aromatic carbocycles. The fourth-order valence-corrected chi connectivity index (χ4v) is 5.41. The number of hydrogen-bond acceptors (Lipinski definition) is 6. The summed E-state index contributed by atoms with van der Waals surface area (Å²) in [6, 6.07) is 21.7. The molecule has 0 spiro atoms. The molecule has 0 aliphatic heterocycles. The number of imidazole rings is 1. The minimum absolute atomic E-state index is 0.0631. The van der Waals surface area contributed by atoms with Crippen molar-refractivity contribution in [3.8, 4) is 17.2 Å². The van der Waals surface area contributed by atoms with Crippen LogP contribution >= 0.6 is 11.3 Å². The molecule has 196 valence electrons. The molecule has 0 amide bonds. The highest BCUT2D eigenvalue weighted by molar-refractivity contribution is 7.15. The average molecular weight is 529 g/mol. The Morgan fingerprint density at radius 1 is 0.921 bits per heavy atom. The van der Waals surface area contributed by atoms with Crippen molar-refractivity contribution in [2.24, 2.45) is 0 Å². The van der Waals surface area contributed by atoms with Gasteiger partial charge in [0.1, 0.15) is 5.75 Å². The summed E-state index contributed by atoms with van der Waals surface area (Å²) in [5, 5.41) is 0. The molecular weight excluding hydrogens is 496 g/mol. The molecule has 0 radical (unpaired) electrons. The van der Waals surface area contributed by atoms with Crippen LogP contribution in [0.15, 0.2) is 71.5 Å². The Kier molecular flexibility index (Phi) is 7.94. The van der Waals surface area contributed by atoms with Crippen LogP contribution in [0.3, 0.4) is 0 Å². The van der Waals surface area contributed by atoms with E-state index >= 15 is 0 Å². The lowest BCUT2D eigenvalue weighted by Gasteiger charge is -2.16. The predicted octanol–water partition coefficient (Wildman–Crippen LogP) is 6.22. The first-order chi connectivity index (χ1) is 18.6. The van der Waals surface area contributed by atoms with Gasteiger partial charge in [-0.1, -0.05) is 61.6 Å². The highest BCUT2D eigenvalue weighted by Crippen LogP contribution is 2.30. The van der Waals surface area contributed by atoms with E-state index in [1.807, 2.05) is 67.6 Å². The number of hydrogen-bond donors (Lipinski definition) is 0. The van der Waals surface area contributed by atoms with E-state index in [2.05, 4.69) is 31.0 Å². The van der Waals surface area contributed by atoms with Gasteiger partial charge in [0.05, 0.1) is 35.4 Å². The van der Waals surface area contributed by atoms with Crippen LogP contribution in [0.25, 0.3) is 22.1 Å². The Morgan fingerprint density at radius 3 is 2.50 bits per heavy atom. The number of para-hydroxylation sites is 3. The second kappa shape index (κ2) is 11.7. The fraction of sp³-hybridized carbons (Fsp3) is 0.290. The van der Waals surface area contributed by atoms with Crippen LogP contribution in [0, 0.1) is 0 Å². The average Bonchev–Trinajstić information content (AvgIpc) is 3.45. The first-order valence-electron chi connectivity index (χ1n) is 13.1. The van der Waals surface area contributed by atoms with Gasteiger partial charge in [-0.3, -0.25) is 4.79 Å². The van der Waals surface area contributed by atoms with Crippen molar-refractivity contribution in [1.29, 1.82) is 0 Å². The van der Waals surface area contributed by atoms with E-state index in [0.29, 0.717) is 46.7 Å². The zero-order chi connectivity index (χ0) is 26.5. The summed E-state index contributed by atoms with van der Waals surface area (Å²) in [4.78, 5) is 18.4. The van der Waals surface area contributed by atoms with Gasteiger partial charge in [0, 0.05) is 6.42 Å². The molecule has 0 bridgehead atoms. The van der Waals surface area contributed by atoms with Crippen molar-refractivity contribution in [2.45, 2.75) is 39.5 Å². The highest BCUT2D eigenvalue weighted by atomic mass is 32.1. The number of nitrogens with zero attached hydrogens (tertiary/aromatic N) is 2. The fourth-order valence-electron chi connectivity index (χ4n) is 4.43. The quantitative estimate of drug-likeness (QED) is 0.191. The molecule has 0 saturated heterocycles. The van der Waals surface area contributed by atoms with Crippen LogP contribution in [0.4, 0.5) is 0 Å². The third-order valence-corrected chi connectivity index (χ3v) is 7.55. The molecule has 0 saturated carbocycles. The summed E-state index contributed by atoms with van der Waals surface area (Å²) in [6.45, 7) is 7.95. The molecule has 6 nitrogen and oxygen atoms in total. The summed E-state index contributed by atoms with van der Waals surface area (Å²) >= 11 is 1.39. The van der Waals surface area contributed by atoms with Gasteiger partial charge in [-0.2, -0.15) is 0 Å². The first kappa shape index (κ1) is 25.8. The van der Waals surface area contributed by atoms with Gasteiger partial charge >= 0.3 is 0 Å². The summed E-state index contributed by atoms with van der Waals surface area (Å²) in [7, 11) is 0. The largest absolute Gasteiger partial charge is 0.493 e. The van der Waals surface area contributed by atoms with Gasteiger partial charge in [0.2, 0.25) is 0 Å². The molecule has 7 heteroatoms. The molecule has 38 heavy (non-hydrogen) atoms. The van der Waals surface area contributed by atoms with Crippen LogP contribution < -0.4 is 24.3 Å². The molecule has 0 N–H and O–H groups in total. The number of fused-ring (bicyclic) bond motifs is 3. The second-order valence-electron chi connectivity index (χ2n) is 9.17. The van der Waals surface area contributed by atoms with E-state index in [0.717, 1.165) is 35.2 Å². The lowest BCUT2D eigenvalue weighted by atomic mass is 9.98. The van der Waals surface area contributed by atoms with Crippen LogP contribution in [0.5, 0.6) is 17.2 Å². The van der Waals surface area contributed by atoms with Crippen LogP contribution in [-0.4, -0.2) is 29.2 Å². The number of aromatic nitrogens is 2. The molecule has 1 atom stereocenters. The Hall–Kier alpha value is -3.84. The van der Waals surface area contributed by atoms with E-state index in [4.69, 9.17) is 14.2 Å². The molecule has 0 aliphatic rings. The Labute approximate surface area is 226 Å². The number of thiazole rings is 1. The Balaban J connectivity index is 1.27. The molecule has 5 rings (SSSR count). The molecule has 1 unspecified atom stereocenters. The van der Waals surface area contributed by atoms with Crippen LogP contribution in [0.2, 0.25) is 0 Å². The van der Waals surface area contributed by atoms with E-state index in [-0.39, 0.29) is 5.56 Å². The van der Waals surface area contributed by atoms with Crippen molar-refractivity contribution < 1.29 is 14.2 Å².